The van der Waals surface area contributed by atoms with Crippen LogP contribution in [0, 0.1) is 12.7 Å². The van der Waals surface area contributed by atoms with Crippen LogP contribution in [-0.4, -0.2) is 4.98 Å². The van der Waals surface area contributed by atoms with Gasteiger partial charge in [0.15, 0.2) is 0 Å². The Balaban J connectivity index is 2.10. The highest BCUT2D eigenvalue weighted by atomic mass is 35.5. The molecule has 106 valence electrons. The van der Waals surface area contributed by atoms with Gasteiger partial charge in [0, 0.05) is 28.1 Å². The first-order chi connectivity index (χ1) is 10.1. The Morgan fingerprint density at radius 2 is 1.90 bits per heavy atom. The SMILES string of the molecule is Cc1cc(F)c(C(C)c2cnc3ccccc3c2)c(Cl)c1. The summed E-state index contributed by atoms with van der Waals surface area (Å²) < 4.78 is 14.3. The number of rotatable bonds is 2. The quantitative estimate of drug-likeness (QED) is 0.610. The fraction of sp³-hybridized carbons (Fsp3) is 0.167. The predicted octanol–water partition coefficient (Wildman–Crippen LogP) is 5.49. The second-order valence-corrected chi connectivity index (χ2v) is 5.73. The largest absolute Gasteiger partial charge is 0.256 e. The van der Waals surface area contributed by atoms with Crippen molar-refractivity contribution in [2.24, 2.45) is 0 Å². The van der Waals surface area contributed by atoms with Crippen LogP contribution in [0.1, 0.15) is 29.5 Å². The van der Waals surface area contributed by atoms with Gasteiger partial charge in [-0.3, -0.25) is 4.98 Å². The first-order valence-corrected chi connectivity index (χ1v) is 7.24. The molecule has 0 bridgehead atoms. The van der Waals surface area contributed by atoms with Gasteiger partial charge in [-0.25, -0.2) is 4.39 Å². The Kier molecular flexibility index (Phi) is 3.64. The number of halogens is 2. The summed E-state index contributed by atoms with van der Waals surface area (Å²) >= 11 is 6.24. The molecule has 0 N–H and O–H groups in total. The zero-order chi connectivity index (χ0) is 15.0. The lowest BCUT2D eigenvalue weighted by Gasteiger charge is -2.16. The third-order valence-electron chi connectivity index (χ3n) is 3.77. The van der Waals surface area contributed by atoms with Crippen LogP contribution in [0.5, 0.6) is 0 Å². The van der Waals surface area contributed by atoms with E-state index in [1.165, 1.54) is 6.07 Å². The molecule has 3 heteroatoms. The van der Waals surface area contributed by atoms with Gasteiger partial charge in [0.05, 0.1) is 5.52 Å². The molecule has 0 fully saturated rings. The molecule has 0 saturated heterocycles. The van der Waals surface area contributed by atoms with Crippen LogP contribution >= 0.6 is 11.6 Å². The van der Waals surface area contributed by atoms with E-state index in [2.05, 4.69) is 4.98 Å². The molecule has 0 radical (unpaired) electrons. The van der Waals surface area contributed by atoms with Crippen molar-refractivity contribution in [1.29, 1.82) is 0 Å². The second kappa shape index (κ2) is 5.45. The molecule has 1 heterocycles. The van der Waals surface area contributed by atoms with E-state index in [1.807, 2.05) is 44.2 Å². The number of hydrogen-bond donors (Lipinski definition) is 0. The van der Waals surface area contributed by atoms with Gasteiger partial charge in [0.25, 0.3) is 0 Å². The number of fused-ring (bicyclic) bond motifs is 1. The third-order valence-corrected chi connectivity index (χ3v) is 4.08. The fourth-order valence-corrected chi connectivity index (χ4v) is 3.04. The van der Waals surface area contributed by atoms with Crippen LogP contribution < -0.4 is 0 Å². The highest BCUT2D eigenvalue weighted by Gasteiger charge is 2.18. The zero-order valence-corrected chi connectivity index (χ0v) is 12.7. The summed E-state index contributed by atoms with van der Waals surface area (Å²) in [4.78, 5) is 4.44. The molecule has 3 aromatic rings. The first kappa shape index (κ1) is 14.0. The van der Waals surface area contributed by atoms with Crippen molar-refractivity contribution < 1.29 is 4.39 Å². The number of hydrogen-bond acceptors (Lipinski definition) is 1. The Labute approximate surface area is 128 Å². The number of para-hydroxylation sites is 1. The monoisotopic (exact) mass is 299 g/mol. The van der Waals surface area contributed by atoms with Gasteiger partial charge in [-0.05, 0) is 42.3 Å². The predicted molar refractivity (Wildman–Crippen MR) is 85.4 cm³/mol. The zero-order valence-electron chi connectivity index (χ0n) is 11.9. The summed E-state index contributed by atoms with van der Waals surface area (Å²) in [6.45, 7) is 3.78. The Hall–Kier alpha value is -1.93. The fourth-order valence-electron chi connectivity index (χ4n) is 2.62. The molecular formula is C18H15ClFN. The van der Waals surface area contributed by atoms with Gasteiger partial charge in [-0.15, -0.1) is 0 Å². The standard InChI is InChI=1S/C18H15ClFN/c1-11-7-15(19)18(16(20)8-11)12(2)14-9-13-5-3-4-6-17(13)21-10-14/h3-10,12H,1-2H3. The number of nitrogens with zero attached hydrogens (tertiary/aromatic N) is 1. The molecule has 0 amide bonds. The van der Waals surface area contributed by atoms with Gasteiger partial charge in [-0.2, -0.15) is 0 Å². The minimum Gasteiger partial charge on any atom is -0.256 e. The van der Waals surface area contributed by atoms with E-state index >= 15 is 0 Å². The summed E-state index contributed by atoms with van der Waals surface area (Å²) in [6, 6.07) is 13.3. The van der Waals surface area contributed by atoms with Crippen molar-refractivity contribution in [3.8, 4) is 0 Å². The number of aromatic nitrogens is 1. The Bertz CT molecular complexity index is 790. The minimum absolute atomic E-state index is 0.143. The van der Waals surface area contributed by atoms with Crippen LogP contribution in [0.4, 0.5) is 4.39 Å². The van der Waals surface area contributed by atoms with Crippen LogP contribution in [0.15, 0.2) is 48.7 Å². The molecule has 1 atom stereocenters. The topological polar surface area (TPSA) is 12.9 Å². The van der Waals surface area contributed by atoms with Crippen LogP contribution in [0.3, 0.4) is 0 Å². The lowest BCUT2D eigenvalue weighted by molar-refractivity contribution is 0.602. The van der Waals surface area contributed by atoms with Crippen molar-refractivity contribution in [3.63, 3.8) is 0 Å². The minimum atomic E-state index is -0.263. The molecule has 1 nitrogen and oxygen atoms in total. The van der Waals surface area contributed by atoms with Gasteiger partial charge < -0.3 is 0 Å². The van der Waals surface area contributed by atoms with Crippen LogP contribution in [0.2, 0.25) is 5.02 Å². The summed E-state index contributed by atoms with van der Waals surface area (Å²) in [5, 5.41) is 1.51. The highest BCUT2D eigenvalue weighted by Crippen LogP contribution is 2.33. The Morgan fingerprint density at radius 1 is 1.14 bits per heavy atom. The average Bonchev–Trinajstić information content (AvgIpc) is 2.45. The lowest BCUT2D eigenvalue weighted by atomic mass is 9.92. The normalized spacial score (nSPS) is 12.6. The average molecular weight is 300 g/mol. The van der Waals surface area contributed by atoms with Gasteiger partial charge >= 0.3 is 0 Å². The number of aryl methyl sites for hydroxylation is 1. The van der Waals surface area contributed by atoms with E-state index < -0.39 is 0 Å². The van der Waals surface area contributed by atoms with Crippen molar-refractivity contribution >= 4 is 22.5 Å². The maximum atomic E-state index is 14.3. The van der Waals surface area contributed by atoms with E-state index in [1.54, 1.807) is 12.3 Å². The smallest absolute Gasteiger partial charge is 0.128 e. The first-order valence-electron chi connectivity index (χ1n) is 6.86. The van der Waals surface area contributed by atoms with E-state index in [0.717, 1.165) is 22.0 Å². The molecule has 1 aromatic heterocycles. The molecule has 0 aliphatic rings. The molecule has 3 rings (SSSR count). The van der Waals surface area contributed by atoms with E-state index in [9.17, 15) is 4.39 Å². The third kappa shape index (κ3) is 2.64. The van der Waals surface area contributed by atoms with Gasteiger partial charge in [-0.1, -0.05) is 36.7 Å². The van der Waals surface area contributed by atoms with Crippen molar-refractivity contribution in [2.75, 3.05) is 0 Å². The summed E-state index contributed by atoms with van der Waals surface area (Å²) in [5.74, 6) is -0.407. The van der Waals surface area contributed by atoms with Gasteiger partial charge in [0.2, 0.25) is 0 Å². The lowest BCUT2D eigenvalue weighted by Crippen LogP contribution is -2.02. The van der Waals surface area contributed by atoms with Crippen LogP contribution in [0.25, 0.3) is 10.9 Å². The molecule has 1 unspecified atom stereocenters. The van der Waals surface area contributed by atoms with E-state index in [-0.39, 0.29) is 11.7 Å². The summed E-state index contributed by atoms with van der Waals surface area (Å²) in [6.07, 6.45) is 1.79. The highest BCUT2D eigenvalue weighted by molar-refractivity contribution is 6.31. The molecule has 0 aliphatic carbocycles. The number of pyridine rings is 1. The Morgan fingerprint density at radius 3 is 2.67 bits per heavy atom. The molecule has 21 heavy (non-hydrogen) atoms. The maximum Gasteiger partial charge on any atom is 0.128 e. The second-order valence-electron chi connectivity index (χ2n) is 5.33. The molecule has 0 aliphatic heterocycles. The van der Waals surface area contributed by atoms with E-state index in [4.69, 9.17) is 11.6 Å². The van der Waals surface area contributed by atoms with Gasteiger partial charge in [0.1, 0.15) is 5.82 Å². The molecule has 2 aromatic carbocycles. The van der Waals surface area contributed by atoms with Crippen LogP contribution in [-0.2, 0) is 0 Å². The molecule has 0 spiro atoms. The summed E-state index contributed by atoms with van der Waals surface area (Å²) in [7, 11) is 0. The maximum absolute atomic E-state index is 14.3. The van der Waals surface area contributed by atoms with Crippen molar-refractivity contribution in [2.45, 2.75) is 19.8 Å². The van der Waals surface area contributed by atoms with E-state index in [0.29, 0.717) is 10.6 Å². The molecule has 0 saturated carbocycles. The number of benzene rings is 2. The molecular weight excluding hydrogens is 285 g/mol. The van der Waals surface area contributed by atoms with Crippen molar-refractivity contribution in [3.05, 3.63) is 76.2 Å². The summed E-state index contributed by atoms with van der Waals surface area (Å²) in [5.41, 5.74) is 3.24. The van der Waals surface area contributed by atoms with Crippen molar-refractivity contribution in [1.82, 2.24) is 4.98 Å².